The van der Waals surface area contributed by atoms with Crippen molar-refractivity contribution in [3.63, 3.8) is 0 Å². The van der Waals surface area contributed by atoms with Crippen molar-refractivity contribution >= 4 is 5.91 Å². The Morgan fingerprint density at radius 1 is 1.29 bits per heavy atom. The fourth-order valence-corrected chi connectivity index (χ4v) is 1.84. The molecular formula is C16H22FN3O. The van der Waals surface area contributed by atoms with Crippen molar-refractivity contribution < 1.29 is 9.18 Å². The minimum absolute atomic E-state index is 0.175. The summed E-state index contributed by atoms with van der Waals surface area (Å²) in [6.07, 6.45) is 0.873. The molecule has 114 valence electrons. The van der Waals surface area contributed by atoms with Gasteiger partial charge in [-0.05, 0) is 45.3 Å². The van der Waals surface area contributed by atoms with Crippen molar-refractivity contribution in [1.82, 2.24) is 9.80 Å². The molecule has 0 heterocycles. The van der Waals surface area contributed by atoms with Crippen LogP contribution in [0.3, 0.4) is 0 Å². The minimum atomic E-state index is -0.497. The van der Waals surface area contributed by atoms with Crippen LogP contribution < -0.4 is 5.73 Å². The van der Waals surface area contributed by atoms with Crippen LogP contribution in [-0.2, 0) is 0 Å². The average Bonchev–Trinajstić information content (AvgIpc) is 2.44. The lowest BCUT2D eigenvalue weighted by Crippen LogP contribution is -2.29. The van der Waals surface area contributed by atoms with E-state index < -0.39 is 5.82 Å². The quantitative estimate of drug-likeness (QED) is 0.828. The van der Waals surface area contributed by atoms with Gasteiger partial charge in [0.2, 0.25) is 0 Å². The number of hydrogen-bond acceptors (Lipinski definition) is 3. The van der Waals surface area contributed by atoms with Gasteiger partial charge in [0, 0.05) is 19.2 Å². The maximum absolute atomic E-state index is 13.8. The summed E-state index contributed by atoms with van der Waals surface area (Å²) in [5, 5.41) is 0. The SMILES string of the molecule is CN(C)CCCN(C)C(=O)c1ccc(C#CCN)c(F)c1. The van der Waals surface area contributed by atoms with E-state index in [9.17, 15) is 9.18 Å². The molecule has 0 saturated carbocycles. The number of halogens is 1. The van der Waals surface area contributed by atoms with Crippen LogP contribution in [0.15, 0.2) is 18.2 Å². The molecule has 1 aromatic rings. The molecular weight excluding hydrogens is 269 g/mol. The number of carbonyl (C=O) groups is 1. The summed E-state index contributed by atoms with van der Waals surface area (Å²) in [7, 11) is 5.69. The summed E-state index contributed by atoms with van der Waals surface area (Å²) in [6.45, 7) is 1.71. The van der Waals surface area contributed by atoms with Crippen LogP contribution in [0.1, 0.15) is 22.3 Å². The van der Waals surface area contributed by atoms with Gasteiger partial charge in [0.1, 0.15) is 5.82 Å². The van der Waals surface area contributed by atoms with Crippen LogP contribution in [0, 0.1) is 17.7 Å². The third kappa shape index (κ3) is 5.54. The fourth-order valence-electron chi connectivity index (χ4n) is 1.84. The van der Waals surface area contributed by atoms with Gasteiger partial charge in [-0.25, -0.2) is 4.39 Å². The topological polar surface area (TPSA) is 49.6 Å². The van der Waals surface area contributed by atoms with E-state index in [1.54, 1.807) is 18.0 Å². The third-order valence-corrected chi connectivity index (χ3v) is 2.99. The number of carbonyl (C=O) groups excluding carboxylic acids is 1. The predicted octanol–water partition coefficient (Wildman–Crippen LogP) is 1.16. The van der Waals surface area contributed by atoms with Gasteiger partial charge in [-0.1, -0.05) is 11.8 Å². The van der Waals surface area contributed by atoms with Gasteiger partial charge < -0.3 is 15.5 Å². The first-order valence-electron chi connectivity index (χ1n) is 6.84. The highest BCUT2D eigenvalue weighted by Gasteiger charge is 2.13. The van der Waals surface area contributed by atoms with E-state index in [0.717, 1.165) is 13.0 Å². The first kappa shape index (κ1) is 17.2. The summed E-state index contributed by atoms with van der Waals surface area (Å²) in [5.41, 5.74) is 5.84. The van der Waals surface area contributed by atoms with Crippen LogP contribution in [0.4, 0.5) is 4.39 Å². The van der Waals surface area contributed by atoms with Crippen molar-refractivity contribution in [1.29, 1.82) is 0 Å². The summed E-state index contributed by atoms with van der Waals surface area (Å²) < 4.78 is 13.8. The zero-order valence-corrected chi connectivity index (χ0v) is 12.8. The highest BCUT2D eigenvalue weighted by molar-refractivity contribution is 5.94. The molecule has 0 aromatic heterocycles. The molecule has 0 aliphatic carbocycles. The van der Waals surface area contributed by atoms with E-state index in [4.69, 9.17) is 5.73 Å². The number of amides is 1. The Labute approximate surface area is 125 Å². The van der Waals surface area contributed by atoms with Crippen LogP contribution in [-0.4, -0.2) is 56.5 Å². The Morgan fingerprint density at radius 3 is 2.57 bits per heavy atom. The van der Waals surface area contributed by atoms with Gasteiger partial charge in [0.25, 0.3) is 5.91 Å². The van der Waals surface area contributed by atoms with Crippen LogP contribution in [0.25, 0.3) is 0 Å². The van der Waals surface area contributed by atoms with E-state index in [0.29, 0.717) is 12.1 Å². The van der Waals surface area contributed by atoms with Crippen molar-refractivity contribution in [2.24, 2.45) is 5.73 Å². The van der Waals surface area contributed by atoms with Crippen LogP contribution in [0.2, 0.25) is 0 Å². The fraction of sp³-hybridized carbons (Fsp3) is 0.438. The lowest BCUT2D eigenvalue weighted by Gasteiger charge is -2.18. The second-order valence-corrected chi connectivity index (χ2v) is 5.08. The maximum atomic E-state index is 13.8. The molecule has 0 aliphatic heterocycles. The average molecular weight is 291 g/mol. The molecule has 0 radical (unpaired) electrons. The zero-order valence-electron chi connectivity index (χ0n) is 12.8. The number of benzene rings is 1. The number of rotatable bonds is 5. The molecule has 0 unspecified atom stereocenters. The molecule has 21 heavy (non-hydrogen) atoms. The Bertz CT molecular complexity index is 546. The van der Waals surface area contributed by atoms with Gasteiger partial charge >= 0.3 is 0 Å². The zero-order chi connectivity index (χ0) is 15.8. The van der Waals surface area contributed by atoms with Crippen LogP contribution in [0.5, 0.6) is 0 Å². The molecule has 0 saturated heterocycles. The second-order valence-electron chi connectivity index (χ2n) is 5.08. The van der Waals surface area contributed by atoms with Gasteiger partial charge in [-0.3, -0.25) is 4.79 Å². The van der Waals surface area contributed by atoms with Crippen molar-refractivity contribution in [3.8, 4) is 11.8 Å². The normalized spacial score (nSPS) is 10.2. The van der Waals surface area contributed by atoms with Crippen molar-refractivity contribution in [2.45, 2.75) is 6.42 Å². The highest BCUT2D eigenvalue weighted by Crippen LogP contribution is 2.11. The van der Waals surface area contributed by atoms with Crippen molar-refractivity contribution in [2.75, 3.05) is 40.8 Å². The molecule has 1 rings (SSSR count). The minimum Gasteiger partial charge on any atom is -0.342 e. The summed E-state index contributed by atoms with van der Waals surface area (Å²) in [6, 6.07) is 4.33. The first-order chi connectivity index (χ1) is 9.95. The molecule has 5 heteroatoms. The van der Waals surface area contributed by atoms with E-state index in [2.05, 4.69) is 16.7 Å². The Morgan fingerprint density at radius 2 is 2.00 bits per heavy atom. The molecule has 0 spiro atoms. The van der Waals surface area contributed by atoms with Crippen LogP contribution >= 0.6 is 0 Å². The first-order valence-corrected chi connectivity index (χ1v) is 6.84. The molecule has 1 amide bonds. The van der Waals surface area contributed by atoms with E-state index in [1.165, 1.54) is 12.1 Å². The Kier molecular flexibility index (Phi) is 6.86. The summed E-state index contributed by atoms with van der Waals surface area (Å²) in [5.74, 6) is 4.54. The summed E-state index contributed by atoms with van der Waals surface area (Å²) >= 11 is 0. The number of nitrogens with two attached hydrogens (primary N) is 1. The van der Waals surface area contributed by atoms with E-state index >= 15 is 0 Å². The number of hydrogen-bond donors (Lipinski definition) is 1. The second kappa shape index (κ2) is 8.40. The predicted molar refractivity (Wildman–Crippen MR) is 82.5 cm³/mol. The van der Waals surface area contributed by atoms with Gasteiger partial charge in [-0.2, -0.15) is 0 Å². The van der Waals surface area contributed by atoms with E-state index in [1.807, 2.05) is 14.1 Å². The largest absolute Gasteiger partial charge is 0.342 e. The summed E-state index contributed by atoms with van der Waals surface area (Å²) in [4.78, 5) is 15.8. The standard InChI is InChI=1S/C16H22FN3O/c1-19(2)10-5-11-20(3)16(21)14-8-7-13(6-4-9-18)15(17)12-14/h7-8,12H,5,9-11,18H2,1-3H3. The Hall–Kier alpha value is -1.90. The maximum Gasteiger partial charge on any atom is 0.253 e. The lowest BCUT2D eigenvalue weighted by molar-refractivity contribution is 0.0790. The molecule has 1 aromatic carbocycles. The molecule has 0 fully saturated rings. The Balaban J connectivity index is 2.72. The smallest absolute Gasteiger partial charge is 0.253 e. The van der Waals surface area contributed by atoms with Gasteiger partial charge in [0.15, 0.2) is 0 Å². The number of nitrogens with zero attached hydrogens (tertiary/aromatic N) is 2. The molecule has 0 atom stereocenters. The monoisotopic (exact) mass is 291 g/mol. The molecule has 2 N–H and O–H groups in total. The highest BCUT2D eigenvalue weighted by atomic mass is 19.1. The lowest BCUT2D eigenvalue weighted by atomic mass is 10.1. The molecule has 0 bridgehead atoms. The third-order valence-electron chi connectivity index (χ3n) is 2.99. The van der Waals surface area contributed by atoms with E-state index in [-0.39, 0.29) is 18.0 Å². The van der Waals surface area contributed by atoms with Crippen molar-refractivity contribution in [3.05, 3.63) is 35.1 Å². The van der Waals surface area contributed by atoms with Gasteiger partial charge in [-0.15, -0.1) is 0 Å². The van der Waals surface area contributed by atoms with Gasteiger partial charge in [0.05, 0.1) is 12.1 Å². The molecule has 4 nitrogen and oxygen atoms in total. The molecule has 0 aliphatic rings.